The van der Waals surface area contributed by atoms with E-state index in [2.05, 4.69) is 20.4 Å². The molecule has 26 heavy (non-hydrogen) atoms. The monoisotopic (exact) mass is 349 g/mol. The molecule has 6 nitrogen and oxygen atoms in total. The molecule has 0 aliphatic carbocycles. The van der Waals surface area contributed by atoms with Crippen molar-refractivity contribution in [2.75, 3.05) is 5.32 Å². The van der Waals surface area contributed by atoms with Gasteiger partial charge in [0.2, 0.25) is 0 Å². The first-order valence-electron chi connectivity index (χ1n) is 8.06. The third-order valence-electron chi connectivity index (χ3n) is 4.23. The third-order valence-corrected chi connectivity index (χ3v) is 4.23. The van der Waals surface area contributed by atoms with Crippen LogP contribution in [0.15, 0.2) is 48.7 Å². The largest absolute Gasteiger partial charge is 0.339 e. The smallest absolute Gasteiger partial charge is 0.276 e. The number of amides is 1. The fraction of sp³-hybridized carbons (Fsp3) is 0.105. The van der Waals surface area contributed by atoms with Crippen LogP contribution in [0.2, 0.25) is 0 Å². The lowest BCUT2D eigenvalue weighted by Crippen LogP contribution is -2.13. The number of halogens is 1. The van der Waals surface area contributed by atoms with E-state index in [1.807, 2.05) is 19.1 Å². The van der Waals surface area contributed by atoms with Crippen molar-refractivity contribution in [3.8, 4) is 11.3 Å². The van der Waals surface area contributed by atoms with Crippen molar-refractivity contribution in [3.63, 3.8) is 0 Å². The van der Waals surface area contributed by atoms with Gasteiger partial charge in [0, 0.05) is 23.8 Å². The second kappa shape index (κ2) is 6.11. The van der Waals surface area contributed by atoms with E-state index in [-0.39, 0.29) is 11.7 Å². The quantitative estimate of drug-likeness (QED) is 0.593. The predicted octanol–water partition coefficient (Wildman–Crippen LogP) is 3.66. The van der Waals surface area contributed by atoms with E-state index >= 15 is 0 Å². The molecule has 0 spiro atoms. The lowest BCUT2D eigenvalue weighted by atomic mass is 10.1. The van der Waals surface area contributed by atoms with Crippen LogP contribution in [0.3, 0.4) is 0 Å². The van der Waals surface area contributed by atoms with Gasteiger partial charge in [-0.2, -0.15) is 5.10 Å². The molecule has 130 valence electrons. The van der Waals surface area contributed by atoms with Gasteiger partial charge in [-0.25, -0.2) is 9.37 Å². The summed E-state index contributed by atoms with van der Waals surface area (Å²) in [5.74, 6) is -0.568. The van der Waals surface area contributed by atoms with E-state index in [1.165, 1.54) is 12.1 Å². The summed E-state index contributed by atoms with van der Waals surface area (Å²) < 4.78 is 14.7. The fourth-order valence-electron chi connectivity index (χ4n) is 2.74. The molecule has 4 rings (SSSR count). The highest BCUT2D eigenvalue weighted by Gasteiger charge is 2.12. The van der Waals surface area contributed by atoms with Gasteiger partial charge in [-0.15, -0.1) is 0 Å². The van der Waals surface area contributed by atoms with Gasteiger partial charge < -0.3 is 10.3 Å². The maximum absolute atomic E-state index is 13.1. The van der Waals surface area contributed by atoms with Crippen LogP contribution in [0.4, 0.5) is 10.1 Å². The Morgan fingerprint density at radius 1 is 1.19 bits per heavy atom. The lowest BCUT2D eigenvalue weighted by Gasteiger charge is -2.02. The summed E-state index contributed by atoms with van der Waals surface area (Å²) >= 11 is 0. The standard InChI is InChI=1S/C19H16FN5O/c1-11-7-17(24-25(11)2)19(26)22-15-8-13-9-16(23-18(13)21-10-15)12-3-5-14(20)6-4-12/h3-10H,1-2H3,(H,21,23)(H,22,26). The molecule has 1 amide bonds. The Bertz CT molecular complexity index is 1090. The second-order valence-electron chi connectivity index (χ2n) is 6.10. The molecule has 0 radical (unpaired) electrons. The number of benzene rings is 1. The summed E-state index contributed by atoms with van der Waals surface area (Å²) in [6, 6.07) is 11.7. The number of carbonyl (C=O) groups excluding carboxylic acids is 1. The van der Waals surface area contributed by atoms with Crippen molar-refractivity contribution in [1.29, 1.82) is 0 Å². The summed E-state index contributed by atoms with van der Waals surface area (Å²) in [7, 11) is 1.79. The number of carbonyl (C=O) groups is 1. The number of rotatable bonds is 3. The van der Waals surface area contributed by atoms with Crippen molar-refractivity contribution in [3.05, 3.63) is 65.9 Å². The number of hydrogen-bond acceptors (Lipinski definition) is 3. The van der Waals surface area contributed by atoms with Gasteiger partial charge in [0.05, 0.1) is 11.9 Å². The van der Waals surface area contributed by atoms with Gasteiger partial charge in [0.25, 0.3) is 5.91 Å². The zero-order valence-corrected chi connectivity index (χ0v) is 14.2. The Hall–Kier alpha value is -3.48. The SMILES string of the molecule is Cc1cc(C(=O)Nc2cnc3[nH]c(-c4ccc(F)cc4)cc3c2)nn1C. The molecule has 0 atom stereocenters. The average Bonchev–Trinajstić information content (AvgIpc) is 3.19. The fourth-order valence-corrected chi connectivity index (χ4v) is 2.74. The lowest BCUT2D eigenvalue weighted by molar-refractivity contribution is 0.102. The highest BCUT2D eigenvalue weighted by Crippen LogP contribution is 2.25. The number of fused-ring (bicyclic) bond motifs is 1. The molecule has 1 aromatic carbocycles. The Balaban J connectivity index is 1.61. The topological polar surface area (TPSA) is 75.6 Å². The van der Waals surface area contributed by atoms with Crippen LogP contribution in [0.1, 0.15) is 16.2 Å². The van der Waals surface area contributed by atoms with Crippen LogP contribution in [-0.4, -0.2) is 25.7 Å². The molecule has 0 bridgehead atoms. The minimum absolute atomic E-state index is 0.280. The molecule has 0 saturated carbocycles. The number of H-pyrrole nitrogens is 1. The minimum atomic E-state index is -0.288. The molecule has 0 saturated heterocycles. The molecule has 7 heteroatoms. The average molecular weight is 349 g/mol. The highest BCUT2D eigenvalue weighted by molar-refractivity contribution is 6.03. The number of nitrogens with one attached hydrogen (secondary N) is 2. The molecule has 4 aromatic rings. The highest BCUT2D eigenvalue weighted by atomic mass is 19.1. The second-order valence-corrected chi connectivity index (χ2v) is 6.10. The van der Waals surface area contributed by atoms with Crippen molar-refractivity contribution in [1.82, 2.24) is 19.7 Å². The predicted molar refractivity (Wildman–Crippen MR) is 97.4 cm³/mol. The number of nitrogens with zero attached hydrogens (tertiary/aromatic N) is 3. The van der Waals surface area contributed by atoms with E-state index in [0.29, 0.717) is 17.0 Å². The van der Waals surface area contributed by atoms with Gasteiger partial charge in [-0.1, -0.05) is 0 Å². The maximum atomic E-state index is 13.1. The number of hydrogen-bond donors (Lipinski definition) is 2. The third kappa shape index (κ3) is 2.95. The number of aromatic amines is 1. The molecular formula is C19H16FN5O. The van der Waals surface area contributed by atoms with Crippen LogP contribution in [0.5, 0.6) is 0 Å². The minimum Gasteiger partial charge on any atom is -0.339 e. The van der Waals surface area contributed by atoms with Crippen molar-refractivity contribution in [2.24, 2.45) is 7.05 Å². The van der Waals surface area contributed by atoms with Gasteiger partial charge in [0.15, 0.2) is 5.69 Å². The Kier molecular flexibility index (Phi) is 3.76. The Morgan fingerprint density at radius 2 is 1.96 bits per heavy atom. The van der Waals surface area contributed by atoms with Gasteiger partial charge in [-0.05, 0) is 55.0 Å². The Morgan fingerprint density at radius 3 is 2.65 bits per heavy atom. The summed E-state index contributed by atoms with van der Waals surface area (Å²) in [6.45, 7) is 1.88. The van der Waals surface area contributed by atoms with Gasteiger partial charge in [-0.3, -0.25) is 9.48 Å². The van der Waals surface area contributed by atoms with E-state index in [1.54, 1.807) is 36.1 Å². The number of pyridine rings is 1. The zero-order valence-electron chi connectivity index (χ0n) is 14.2. The number of anilines is 1. The van der Waals surface area contributed by atoms with Crippen LogP contribution < -0.4 is 5.32 Å². The van der Waals surface area contributed by atoms with Crippen molar-refractivity contribution in [2.45, 2.75) is 6.92 Å². The first-order chi connectivity index (χ1) is 12.5. The van der Waals surface area contributed by atoms with Crippen LogP contribution >= 0.6 is 0 Å². The molecule has 0 fully saturated rings. The van der Waals surface area contributed by atoms with Gasteiger partial charge >= 0.3 is 0 Å². The molecule has 0 aliphatic rings. The van der Waals surface area contributed by atoms with E-state index in [0.717, 1.165) is 22.3 Å². The maximum Gasteiger partial charge on any atom is 0.276 e. The first kappa shape index (κ1) is 16.0. The van der Waals surface area contributed by atoms with Crippen molar-refractivity contribution >= 4 is 22.6 Å². The summed E-state index contributed by atoms with van der Waals surface area (Å²) in [6.07, 6.45) is 1.58. The Labute approximate surface area is 148 Å². The van der Waals surface area contributed by atoms with Crippen LogP contribution in [0.25, 0.3) is 22.3 Å². The molecule has 2 N–H and O–H groups in total. The molecule has 0 aliphatic heterocycles. The summed E-state index contributed by atoms with van der Waals surface area (Å²) in [5, 5.41) is 7.82. The zero-order chi connectivity index (χ0) is 18.3. The molecular weight excluding hydrogens is 333 g/mol. The molecule has 3 aromatic heterocycles. The van der Waals surface area contributed by atoms with E-state index in [4.69, 9.17) is 0 Å². The van der Waals surface area contributed by atoms with Gasteiger partial charge in [0.1, 0.15) is 11.5 Å². The van der Waals surface area contributed by atoms with E-state index < -0.39 is 0 Å². The van der Waals surface area contributed by atoms with E-state index in [9.17, 15) is 9.18 Å². The number of aromatic nitrogens is 4. The number of aryl methyl sites for hydroxylation is 2. The first-order valence-corrected chi connectivity index (χ1v) is 8.06. The summed E-state index contributed by atoms with van der Waals surface area (Å²) in [5.41, 5.74) is 4.21. The normalized spacial score (nSPS) is 11.0. The summed E-state index contributed by atoms with van der Waals surface area (Å²) in [4.78, 5) is 19.9. The molecule has 0 unspecified atom stereocenters. The van der Waals surface area contributed by atoms with Crippen LogP contribution in [-0.2, 0) is 7.05 Å². The van der Waals surface area contributed by atoms with Crippen LogP contribution in [0, 0.1) is 12.7 Å². The van der Waals surface area contributed by atoms with Crippen molar-refractivity contribution < 1.29 is 9.18 Å². The molecule has 3 heterocycles.